The Bertz CT molecular complexity index is 383. The number of hydrogen-bond donors (Lipinski definition) is 1. The predicted octanol–water partition coefficient (Wildman–Crippen LogP) is 3.26. The first kappa shape index (κ1) is 14.9. The summed E-state index contributed by atoms with van der Waals surface area (Å²) >= 11 is 3.55. The van der Waals surface area contributed by atoms with Crippen LogP contribution in [0.3, 0.4) is 0 Å². The molecule has 0 bridgehead atoms. The third kappa shape index (κ3) is 4.90. The molecule has 0 aliphatic carbocycles. The first-order valence-corrected chi connectivity index (χ1v) is 8.24. The highest BCUT2D eigenvalue weighted by atomic mass is 79.9. The van der Waals surface area contributed by atoms with Crippen molar-refractivity contribution in [2.24, 2.45) is 0 Å². The summed E-state index contributed by atoms with van der Waals surface area (Å²) in [6.07, 6.45) is 2.71. The van der Waals surface area contributed by atoms with Gasteiger partial charge < -0.3 is 5.32 Å². The minimum atomic E-state index is -0.723. The van der Waals surface area contributed by atoms with Crippen molar-refractivity contribution in [1.29, 1.82) is 0 Å². The highest BCUT2D eigenvalue weighted by molar-refractivity contribution is 9.10. The van der Waals surface area contributed by atoms with E-state index in [9.17, 15) is 4.21 Å². The second-order valence-electron chi connectivity index (χ2n) is 4.30. The lowest BCUT2D eigenvalue weighted by Gasteiger charge is -2.17. The Hall–Kier alpha value is -0.190. The molecule has 96 valence electrons. The smallest absolute Gasteiger partial charge is 0.0329 e. The molecule has 0 heterocycles. The van der Waals surface area contributed by atoms with Gasteiger partial charge in [-0.3, -0.25) is 4.21 Å². The van der Waals surface area contributed by atoms with E-state index in [1.165, 1.54) is 5.56 Å². The summed E-state index contributed by atoms with van der Waals surface area (Å²) in [7, 11) is -0.723. The van der Waals surface area contributed by atoms with Gasteiger partial charge in [0.15, 0.2) is 0 Å². The normalized spacial score (nSPS) is 16.5. The minimum Gasteiger partial charge on any atom is -0.310 e. The molecule has 0 amide bonds. The van der Waals surface area contributed by atoms with E-state index in [1.54, 1.807) is 6.26 Å². The number of nitrogens with one attached hydrogen (secondary N) is 1. The lowest BCUT2D eigenvalue weighted by atomic mass is 10.1. The van der Waals surface area contributed by atoms with Crippen LogP contribution in [0, 0.1) is 0 Å². The van der Waals surface area contributed by atoms with Crippen LogP contribution in [0.5, 0.6) is 0 Å². The van der Waals surface area contributed by atoms with Gasteiger partial charge in [0.25, 0.3) is 0 Å². The van der Waals surface area contributed by atoms with E-state index in [0.29, 0.717) is 6.04 Å². The topological polar surface area (TPSA) is 29.1 Å². The van der Waals surface area contributed by atoms with E-state index in [2.05, 4.69) is 40.3 Å². The Morgan fingerprint density at radius 2 is 2.00 bits per heavy atom. The van der Waals surface area contributed by atoms with Crippen molar-refractivity contribution in [2.45, 2.75) is 31.6 Å². The molecule has 3 atom stereocenters. The third-order valence-corrected chi connectivity index (χ3v) is 5.03. The molecule has 1 N–H and O–H groups in total. The van der Waals surface area contributed by atoms with Crippen LogP contribution >= 0.6 is 15.9 Å². The van der Waals surface area contributed by atoms with Crippen LogP contribution < -0.4 is 5.32 Å². The Morgan fingerprint density at radius 1 is 1.35 bits per heavy atom. The van der Waals surface area contributed by atoms with Gasteiger partial charge in [-0.15, -0.1) is 0 Å². The Kier molecular flexibility index (Phi) is 6.38. The van der Waals surface area contributed by atoms with Crippen molar-refractivity contribution in [3.8, 4) is 0 Å². The van der Waals surface area contributed by atoms with Crippen LogP contribution in [-0.2, 0) is 10.8 Å². The average Bonchev–Trinajstić information content (AvgIpc) is 2.29. The van der Waals surface area contributed by atoms with Crippen molar-refractivity contribution < 1.29 is 4.21 Å². The standard InChI is InChI=1S/C13H20BrNOS/c1-10(17(3)16)8-9-15-11(2)12-6-4-5-7-13(12)14/h4-7,10-11,15H,8-9H2,1-3H3. The first-order valence-electron chi connectivity index (χ1n) is 5.82. The van der Waals surface area contributed by atoms with Gasteiger partial charge >= 0.3 is 0 Å². The molecule has 0 aromatic heterocycles. The molecule has 2 nitrogen and oxygen atoms in total. The summed E-state index contributed by atoms with van der Waals surface area (Å²) in [6, 6.07) is 8.54. The zero-order chi connectivity index (χ0) is 12.8. The summed E-state index contributed by atoms with van der Waals surface area (Å²) in [5.41, 5.74) is 1.26. The second kappa shape index (κ2) is 7.29. The summed E-state index contributed by atoms with van der Waals surface area (Å²) in [5, 5.41) is 3.72. The van der Waals surface area contributed by atoms with Crippen molar-refractivity contribution in [3.05, 3.63) is 34.3 Å². The molecular formula is C13H20BrNOS. The first-order chi connectivity index (χ1) is 8.02. The van der Waals surface area contributed by atoms with E-state index >= 15 is 0 Å². The van der Waals surface area contributed by atoms with Crippen LogP contribution in [0.1, 0.15) is 31.9 Å². The van der Waals surface area contributed by atoms with Crippen LogP contribution in [0.15, 0.2) is 28.7 Å². The predicted molar refractivity (Wildman–Crippen MR) is 78.7 cm³/mol. The molecule has 0 spiro atoms. The summed E-state index contributed by atoms with van der Waals surface area (Å²) < 4.78 is 12.4. The van der Waals surface area contributed by atoms with Gasteiger partial charge in [0.2, 0.25) is 0 Å². The Balaban J connectivity index is 2.43. The quantitative estimate of drug-likeness (QED) is 0.872. The van der Waals surface area contributed by atoms with Gasteiger partial charge in [0.05, 0.1) is 0 Å². The fourth-order valence-electron chi connectivity index (χ4n) is 1.61. The summed E-state index contributed by atoms with van der Waals surface area (Å²) in [6.45, 7) is 5.07. The maximum atomic E-state index is 11.2. The van der Waals surface area contributed by atoms with Crippen molar-refractivity contribution >= 4 is 26.7 Å². The highest BCUT2D eigenvalue weighted by Gasteiger charge is 2.10. The lowest BCUT2D eigenvalue weighted by molar-refractivity contribution is 0.552. The molecule has 1 aromatic carbocycles. The molecular weight excluding hydrogens is 298 g/mol. The van der Waals surface area contributed by atoms with Crippen LogP contribution in [-0.4, -0.2) is 22.3 Å². The minimum absolute atomic E-state index is 0.258. The SMILES string of the molecule is CC(NCCC(C)S(C)=O)c1ccccc1Br. The molecule has 0 fully saturated rings. The fraction of sp³-hybridized carbons (Fsp3) is 0.538. The zero-order valence-corrected chi connectivity index (χ0v) is 13.0. The monoisotopic (exact) mass is 317 g/mol. The molecule has 4 heteroatoms. The van der Waals surface area contributed by atoms with Gasteiger partial charge in [-0.2, -0.15) is 0 Å². The van der Waals surface area contributed by atoms with Crippen LogP contribution in [0.25, 0.3) is 0 Å². The van der Waals surface area contributed by atoms with Gasteiger partial charge in [-0.1, -0.05) is 41.1 Å². The number of benzene rings is 1. The molecule has 17 heavy (non-hydrogen) atoms. The number of hydrogen-bond acceptors (Lipinski definition) is 2. The Labute approximate surface area is 115 Å². The van der Waals surface area contributed by atoms with Crippen LogP contribution in [0.4, 0.5) is 0 Å². The van der Waals surface area contributed by atoms with Gasteiger partial charge in [0, 0.05) is 32.8 Å². The van der Waals surface area contributed by atoms with Gasteiger partial charge in [-0.05, 0) is 31.5 Å². The van der Waals surface area contributed by atoms with Crippen LogP contribution in [0.2, 0.25) is 0 Å². The average molecular weight is 318 g/mol. The van der Waals surface area contributed by atoms with Gasteiger partial charge in [-0.25, -0.2) is 0 Å². The molecule has 0 aliphatic rings. The molecule has 1 aromatic rings. The molecule has 3 unspecified atom stereocenters. The second-order valence-corrected chi connectivity index (χ2v) is 6.95. The summed E-state index contributed by atoms with van der Waals surface area (Å²) in [5.74, 6) is 0. The van der Waals surface area contributed by atoms with E-state index in [4.69, 9.17) is 0 Å². The molecule has 0 saturated heterocycles. The van der Waals surface area contributed by atoms with E-state index in [0.717, 1.165) is 17.4 Å². The number of rotatable bonds is 6. The molecule has 0 saturated carbocycles. The third-order valence-electron chi connectivity index (χ3n) is 2.94. The molecule has 0 radical (unpaired) electrons. The van der Waals surface area contributed by atoms with Crippen molar-refractivity contribution in [3.63, 3.8) is 0 Å². The number of halogens is 1. The van der Waals surface area contributed by atoms with E-state index in [1.807, 2.05) is 19.1 Å². The maximum Gasteiger partial charge on any atom is 0.0329 e. The fourth-order valence-corrected chi connectivity index (χ4v) is 2.68. The zero-order valence-electron chi connectivity index (χ0n) is 10.6. The summed E-state index contributed by atoms with van der Waals surface area (Å²) in [4.78, 5) is 0. The van der Waals surface area contributed by atoms with Crippen molar-refractivity contribution in [1.82, 2.24) is 5.32 Å². The largest absolute Gasteiger partial charge is 0.310 e. The van der Waals surface area contributed by atoms with E-state index in [-0.39, 0.29) is 5.25 Å². The van der Waals surface area contributed by atoms with Crippen molar-refractivity contribution in [2.75, 3.05) is 12.8 Å². The lowest BCUT2D eigenvalue weighted by Crippen LogP contribution is -2.24. The highest BCUT2D eigenvalue weighted by Crippen LogP contribution is 2.22. The Morgan fingerprint density at radius 3 is 2.59 bits per heavy atom. The maximum absolute atomic E-state index is 11.2. The van der Waals surface area contributed by atoms with Gasteiger partial charge in [0.1, 0.15) is 0 Å². The molecule has 1 rings (SSSR count). The van der Waals surface area contributed by atoms with E-state index < -0.39 is 10.8 Å². The molecule has 0 aliphatic heterocycles.